The van der Waals surface area contributed by atoms with Gasteiger partial charge in [-0.1, -0.05) is 0 Å². The minimum absolute atomic E-state index is 0.0249. The van der Waals surface area contributed by atoms with Gasteiger partial charge in [-0.2, -0.15) is 0 Å². The SMILES string of the molecule is CC(=O)c1c[nH]c(C(=O)NCCNc2ccc([N+](=O)[O-])cc2)c1. The van der Waals surface area contributed by atoms with E-state index in [1.54, 1.807) is 12.1 Å². The van der Waals surface area contributed by atoms with Crippen LogP contribution in [0.1, 0.15) is 27.8 Å². The number of Topliss-reactive ketones (excluding diaryl/α,β-unsaturated/α-hetero) is 1. The number of benzene rings is 1. The zero-order chi connectivity index (χ0) is 16.8. The number of hydrogen-bond acceptors (Lipinski definition) is 5. The zero-order valence-electron chi connectivity index (χ0n) is 12.5. The maximum atomic E-state index is 11.9. The van der Waals surface area contributed by atoms with E-state index in [4.69, 9.17) is 0 Å². The van der Waals surface area contributed by atoms with E-state index in [1.807, 2.05) is 0 Å². The van der Waals surface area contributed by atoms with Gasteiger partial charge in [0.05, 0.1) is 4.92 Å². The number of nitro groups is 1. The Morgan fingerprint density at radius 3 is 2.48 bits per heavy atom. The Bertz CT molecular complexity index is 721. The average molecular weight is 316 g/mol. The number of H-pyrrole nitrogens is 1. The highest BCUT2D eigenvalue weighted by Gasteiger charge is 2.10. The van der Waals surface area contributed by atoms with Gasteiger partial charge in [0.1, 0.15) is 5.69 Å². The third-order valence-electron chi connectivity index (χ3n) is 3.15. The van der Waals surface area contributed by atoms with Crippen LogP contribution in [0.25, 0.3) is 0 Å². The van der Waals surface area contributed by atoms with Crippen LogP contribution in [0.3, 0.4) is 0 Å². The molecule has 0 fully saturated rings. The van der Waals surface area contributed by atoms with Gasteiger partial charge in [-0.05, 0) is 25.1 Å². The first kappa shape index (κ1) is 16.2. The smallest absolute Gasteiger partial charge is 0.269 e. The molecule has 1 amide bonds. The van der Waals surface area contributed by atoms with E-state index >= 15 is 0 Å². The lowest BCUT2D eigenvalue weighted by Gasteiger charge is -2.07. The number of amides is 1. The Morgan fingerprint density at radius 1 is 1.22 bits per heavy atom. The second kappa shape index (κ2) is 7.21. The molecule has 0 spiro atoms. The van der Waals surface area contributed by atoms with Crippen molar-refractivity contribution in [3.8, 4) is 0 Å². The number of carbonyl (C=O) groups excluding carboxylic acids is 2. The Hall–Kier alpha value is -3.16. The van der Waals surface area contributed by atoms with Gasteiger partial charge >= 0.3 is 0 Å². The van der Waals surface area contributed by atoms with Crippen molar-refractivity contribution in [2.45, 2.75) is 6.92 Å². The second-order valence-electron chi connectivity index (χ2n) is 4.84. The first-order chi connectivity index (χ1) is 11.0. The largest absolute Gasteiger partial charge is 0.383 e. The molecule has 23 heavy (non-hydrogen) atoms. The number of ketones is 1. The molecule has 0 bridgehead atoms. The molecule has 1 aromatic carbocycles. The van der Waals surface area contributed by atoms with E-state index < -0.39 is 4.92 Å². The number of nitrogens with zero attached hydrogens (tertiary/aromatic N) is 1. The number of hydrogen-bond donors (Lipinski definition) is 3. The third kappa shape index (κ3) is 4.40. The molecule has 0 atom stereocenters. The number of nitro benzene ring substituents is 1. The molecule has 1 aromatic heterocycles. The minimum atomic E-state index is -0.463. The Balaban J connectivity index is 1.77. The van der Waals surface area contributed by atoms with Crippen LogP contribution in [0.5, 0.6) is 0 Å². The van der Waals surface area contributed by atoms with E-state index in [0.717, 1.165) is 5.69 Å². The fraction of sp³-hybridized carbons (Fsp3) is 0.200. The molecule has 8 nitrogen and oxygen atoms in total. The highest BCUT2D eigenvalue weighted by atomic mass is 16.6. The molecule has 0 aliphatic carbocycles. The van der Waals surface area contributed by atoms with Crippen molar-refractivity contribution in [3.05, 3.63) is 57.9 Å². The van der Waals surface area contributed by atoms with E-state index in [1.165, 1.54) is 31.3 Å². The van der Waals surface area contributed by atoms with Gasteiger partial charge in [-0.15, -0.1) is 0 Å². The lowest BCUT2D eigenvalue weighted by molar-refractivity contribution is -0.384. The number of non-ortho nitro benzene ring substituents is 1. The van der Waals surface area contributed by atoms with Gasteiger partial charge in [0, 0.05) is 42.7 Å². The molecular formula is C15H16N4O4. The van der Waals surface area contributed by atoms with Crippen LogP contribution in [-0.2, 0) is 0 Å². The number of aromatic nitrogens is 1. The van der Waals surface area contributed by atoms with Crippen molar-refractivity contribution >= 4 is 23.1 Å². The number of anilines is 1. The van der Waals surface area contributed by atoms with Crippen LogP contribution in [0.4, 0.5) is 11.4 Å². The summed E-state index contributed by atoms with van der Waals surface area (Å²) in [6.45, 7) is 2.26. The summed E-state index contributed by atoms with van der Waals surface area (Å²) in [5.41, 5.74) is 1.53. The van der Waals surface area contributed by atoms with E-state index in [9.17, 15) is 19.7 Å². The Morgan fingerprint density at radius 2 is 1.91 bits per heavy atom. The molecule has 0 radical (unpaired) electrons. The summed E-state index contributed by atoms with van der Waals surface area (Å²) in [5, 5.41) is 16.3. The summed E-state index contributed by atoms with van der Waals surface area (Å²) < 4.78 is 0. The molecule has 1 heterocycles. The summed E-state index contributed by atoms with van der Waals surface area (Å²) in [7, 11) is 0. The van der Waals surface area contributed by atoms with Crippen molar-refractivity contribution in [2.75, 3.05) is 18.4 Å². The molecule has 0 unspecified atom stereocenters. The van der Waals surface area contributed by atoms with Gasteiger partial charge in [0.15, 0.2) is 5.78 Å². The molecule has 120 valence electrons. The Labute approximate surface area is 132 Å². The fourth-order valence-corrected chi connectivity index (χ4v) is 1.91. The normalized spacial score (nSPS) is 10.1. The van der Waals surface area contributed by atoms with Crippen LogP contribution in [0.2, 0.25) is 0 Å². The molecule has 0 saturated heterocycles. The van der Waals surface area contributed by atoms with Crippen molar-refractivity contribution in [1.82, 2.24) is 10.3 Å². The number of aromatic amines is 1. The zero-order valence-corrected chi connectivity index (χ0v) is 12.5. The second-order valence-corrected chi connectivity index (χ2v) is 4.84. The van der Waals surface area contributed by atoms with Crippen LogP contribution >= 0.6 is 0 Å². The van der Waals surface area contributed by atoms with Gasteiger partial charge in [-0.25, -0.2) is 0 Å². The summed E-state index contributed by atoms with van der Waals surface area (Å²) in [5.74, 6) is -0.414. The number of nitrogens with one attached hydrogen (secondary N) is 3. The van der Waals surface area contributed by atoms with Gasteiger partial charge in [0.25, 0.3) is 11.6 Å². The molecule has 0 aliphatic rings. The lowest BCUT2D eigenvalue weighted by atomic mass is 10.2. The molecular weight excluding hydrogens is 300 g/mol. The van der Waals surface area contributed by atoms with Crippen molar-refractivity contribution in [2.24, 2.45) is 0 Å². The van der Waals surface area contributed by atoms with Crippen LogP contribution < -0.4 is 10.6 Å². The lowest BCUT2D eigenvalue weighted by Crippen LogP contribution is -2.28. The van der Waals surface area contributed by atoms with Gasteiger partial charge in [0.2, 0.25) is 0 Å². The predicted molar refractivity (Wildman–Crippen MR) is 84.7 cm³/mol. The van der Waals surface area contributed by atoms with E-state index in [2.05, 4.69) is 15.6 Å². The molecule has 2 rings (SSSR count). The molecule has 0 saturated carbocycles. The van der Waals surface area contributed by atoms with Crippen LogP contribution in [-0.4, -0.2) is 34.7 Å². The topological polar surface area (TPSA) is 117 Å². The summed E-state index contributed by atoms with van der Waals surface area (Å²) in [4.78, 5) is 35.8. The monoisotopic (exact) mass is 316 g/mol. The number of rotatable bonds is 7. The standard InChI is InChI=1S/C15H16N4O4/c1-10(20)11-8-14(18-9-11)15(21)17-7-6-16-12-2-4-13(5-3-12)19(22)23/h2-5,8-9,16,18H,6-7H2,1H3,(H,17,21). The summed E-state index contributed by atoms with van der Waals surface area (Å²) in [6, 6.07) is 7.52. The number of carbonyl (C=O) groups is 2. The first-order valence-electron chi connectivity index (χ1n) is 6.93. The highest BCUT2D eigenvalue weighted by molar-refractivity contribution is 5.99. The van der Waals surface area contributed by atoms with Gasteiger partial charge < -0.3 is 15.6 Å². The quantitative estimate of drug-likeness (QED) is 0.312. The third-order valence-corrected chi connectivity index (χ3v) is 3.15. The first-order valence-corrected chi connectivity index (χ1v) is 6.93. The van der Waals surface area contributed by atoms with Gasteiger partial charge in [-0.3, -0.25) is 19.7 Å². The molecule has 3 N–H and O–H groups in total. The molecule has 8 heteroatoms. The summed E-state index contributed by atoms with van der Waals surface area (Å²) >= 11 is 0. The molecule has 2 aromatic rings. The van der Waals surface area contributed by atoms with Crippen molar-refractivity contribution < 1.29 is 14.5 Å². The van der Waals surface area contributed by atoms with Crippen molar-refractivity contribution in [3.63, 3.8) is 0 Å². The average Bonchev–Trinajstić information content (AvgIpc) is 3.02. The van der Waals surface area contributed by atoms with Crippen LogP contribution in [0, 0.1) is 10.1 Å². The maximum absolute atomic E-state index is 11.9. The van der Waals surface area contributed by atoms with E-state index in [0.29, 0.717) is 24.3 Å². The Kier molecular flexibility index (Phi) is 5.08. The summed E-state index contributed by atoms with van der Waals surface area (Å²) in [6.07, 6.45) is 1.49. The van der Waals surface area contributed by atoms with Crippen LogP contribution in [0.15, 0.2) is 36.5 Å². The fourth-order valence-electron chi connectivity index (χ4n) is 1.91. The van der Waals surface area contributed by atoms with Crippen molar-refractivity contribution in [1.29, 1.82) is 0 Å². The molecule has 0 aliphatic heterocycles. The highest BCUT2D eigenvalue weighted by Crippen LogP contribution is 2.14. The maximum Gasteiger partial charge on any atom is 0.269 e. The minimum Gasteiger partial charge on any atom is -0.383 e. The van der Waals surface area contributed by atoms with E-state index in [-0.39, 0.29) is 17.4 Å². The predicted octanol–water partition coefficient (Wildman–Crippen LogP) is 1.97.